The first-order chi connectivity index (χ1) is 15.5. The lowest BCUT2D eigenvalue weighted by Crippen LogP contribution is -2.30. The van der Waals surface area contributed by atoms with Crippen molar-refractivity contribution >= 4 is 34.8 Å². The van der Waals surface area contributed by atoms with Crippen molar-refractivity contribution in [1.82, 2.24) is 0 Å². The van der Waals surface area contributed by atoms with Gasteiger partial charge in [0.2, 0.25) is 0 Å². The van der Waals surface area contributed by atoms with Gasteiger partial charge in [-0.2, -0.15) is 5.26 Å². The predicted molar refractivity (Wildman–Crippen MR) is 128 cm³/mol. The highest BCUT2D eigenvalue weighted by Crippen LogP contribution is 2.38. The summed E-state index contributed by atoms with van der Waals surface area (Å²) >= 11 is 6.47. The SMILES string of the molecule is CC(C)CN1C(=O)/C(=C\c2ccc(OCc3ccccc3C#N)c(Cl)c2)c2ccccc21. The van der Waals surface area contributed by atoms with Gasteiger partial charge in [-0.15, -0.1) is 0 Å². The highest BCUT2D eigenvalue weighted by molar-refractivity contribution is 6.36. The summed E-state index contributed by atoms with van der Waals surface area (Å²) in [6.07, 6.45) is 1.88. The van der Waals surface area contributed by atoms with Gasteiger partial charge in [-0.1, -0.05) is 67.9 Å². The van der Waals surface area contributed by atoms with Crippen LogP contribution >= 0.6 is 11.6 Å². The number of hydrogen-bond acceptors (Lipinski definition) is 3. The Morgan fingerprint density at radius 2 is 1.84 bits per heavy atom. The molecule has 1 amide bonds. The molecule has 32 heavy (non-hydrogen) atoms. The van der Waals surface area contributed by atoms with E-state index >= 15 is 0 Å². The van der Waals surface area contributed by atoms with E-state index in [4.69, 9.17) is 16.3 Å². The Hall–Kier alpha value is -3.55. The molecule has 0 saturated carbocycles. The molecule has 0 fully saturated rings. The molecule has 4 rings (SSSR count). The number of benzene rings is 3. The average Bonchev–Trinajstić information content (AvgIpc) is 3.04. The molecule has 3 aromatic rings. The van der Waals surface area contributed by atoms with Gasteiger partial charge in [-0.05, 0) is 41.8 Å². The monoisotopic (exact) mass is 442 g/mol. The number of para-hydroxylation sites is 1. The van der Waals surface area contributed by atoms with Crippen LogP contribution in [0.5, 0.6) is 5.75 Å². The van der Waals surface area contributed by atoms with Crippen LogP contribution in [-0.4, -0.2) is 12.5 Å². The van der Waals surface area contributed by atoms with Gasteiger partial charge >= 0.3 is 0 Å². The quantitative estimate of drug-likeness (QED) is 0.419. The maximum atomic E-state index is 13.1. The maximum absolute atomic E-state index is 13.1. The number of nitriles is 1. The van der Waals surface area contributed by atoms with Crippen molar-refractivity contribution in [3.05, 3.63) is 94.0 Å². The van der Waals surface area contributed by atoms with Gasteiger partial charge in [0.1, 0.15) is 12.4 Å². The molecule has 160 valence electrons. The molecular formula is C27H23ClN2O2. The van der Waals surface area contributed by atoms with Crippen LogP contribution in [0.25, 0.3) is 11.6 Å². The Morgan fingerprint density at radius 1 is 1.09 bits per heavy atom. The van der Waals surface area contributed by atoms with Crippen LogP contribution in [0.15, 0.2) is 66.7 Å². The smallest absolute Gasteiger partial charge is 0.259 e. The number of halogens is 1. The maximum Gasteiger partial charge on any atom is 0.259 e. The second-order valence-corrected chi connectivity index (χ2v) is 8.54. The summed E-state index contributed by atoms with van der Waals surface area (Å²) in [7, 11) is 0. The van der Waals surface area contributed by atoms with Crippen molar-refractivity contribution < 1.29 is 9.53 Å². The fraction of sp³-hybridized carbons (Fsp3) is 0.185. The lowest BCUT2D eigenvalue weighted by atomic mass is 10.0. The van der Waals surface area contributed by atoms with Gasteiger partial charge in [0.05, 0.1) is 22.3 Å². The number of hydrogen-bond donors (Lipinski definition) is 0. The molecule has 4 nitrogen and oxygen atoms in total. The van der Waals surface area contributed by atoms with Crippen molar-refractivity contribution in [3.8, 4) is 11.8 Å². The number of carbonyl (C=O) groups excluding carboxylic acids is 1. The number of fused-ring (bicyclic) bond motifs is 1. The Labute approximate surface area is 193 Å². The normalized spacial score (nSPS) is 14.0. The number of anilines is 1. The molecule has 0 N–H and O–H groups in total. The Kier molecular flexibility index (Phi) is 6.30. The van der Waals surface area contributed by atoms with Gasteiger partial charge in [-0.3, -0.25) is 4.79 Å². The Morgan fingerprint density at radius 3 is 2.59 bits per heavy atom. The summed E-state index contributed by atoms with van der Waals surface area (Å²) in [6, 6.07) is 22.8. The molecule has 5 heteroatoms. The van der Waals surface area contributed by atoms with E-state index in [1.807, 2.05) is 59.5 Å². The van der Waals surface area contributed by atoms with Crippen LogP contribution < -0.4 is 9.64 Å². The number of carbonyl (C=O) groups is 1. The highest BCUT2D eigenvalue weighted by Gasteiger charge is 2.32. The second-order valence-electron chi connectivity index (χ2n) is 8.13. The topological polar surface area (TPSA) is 53.3 Å². The van der Waals surface area contributed by atoms with E-state index < -0.39 is 0 Å². The van der Waals surface area contributed by atoms with Crippen molar-refractivity contribution in [2.24, 2.45) is 5.92 Å². The molecule has 1 aliphatic rings. The molecule has 3 aromatic carbocycles. The van der Waals surface area contributed by atoms with Crippen LogP contribution in [0.3, 0.4) is 0 Å². The third kappa shape index (κ3) is 4.39. The summed E-state index contributed by atoms with van der Waals surface area (Å²) in [4.78, 5) is 15.0. The van der Waals surface area contributed by atoms with E-state index in [-0.39, 0.29) is 12.5 Å². The van der Waals surface area contributed by atoms with Crippen molar-refractivity contribution in [2.45, 2.75) is 20.5 Å². The van der Waals surface area contributed by atoms with E-state index in [0.717, 1.165) is 22.4 Å². The second kappa shape index (κ2) is 9.30. The number of ether oxygens (including phenoxy) is 1. The summed E-state index contributed by atoms with van der Waals surface area (Å²) in [5.41, 5.74) is 4.74. The number of rotatable bonds is 6. The number of nitrogens with zero attached hydrogens (tertiary/aromatic N) is 2. The van der Waals surface area contributed by atoms with E-state index in [9.17, 15) is 10.1 Å². The summed E-state index contributed by atoms with van der Waals surface area (Å²) in [5, 5.41) is 9.68. The van der Waals surface area contributed by atoms with E-state index in [1.54, 1.807) is 18.2 Å². The van der Waals surface area contributed by atoms with Crippen molar-refractivity contribution in [1.29, 1.82) is 5.26 Å². The van der Waals surface area contributed by atoms with Gasteiger partial charge in [-0.25, -0.2) is 0 Å². The third-order valence-electron chi connectivity index (χ3n) is 5.30. The molecule has 0 spiro atoms. The van der Waals surface area contributed by atoms with E-state index in [2.05, 4.69) is 19.9 Å². The first-order valence-corrected chi connectivity index (χ1v) is 10.9. The van der Waals surface area contributed by atoms with Crippen molar-refractivity contribution in [3.63, 3.8) is 0 Å². The molecule has 0 atom stereocenters. The largest absolute Gasteiger partial charge is 0.487 e. The van der Waals surface area contributed by atoms with Gasteiger partial charge in [0.15, 0.2) is 0 Å². The molecule has 1 aliphatic heterocycles. The van der Waals surface area contributed by atoms with E-state index in [1.165, 1.54) is 0 Å². The fourth-order valence-electron chi connectivity index (χ4n) is 3.79. The van der Waals surface area contributed by atoms with Crippen molar-refractivity contribution in [2.75, 3.05) is 11.4 Å². The minimum atomic E-state index is 0.00413. The summed E-state index contributed by atoms with van der Waals surface area (Å²) < 4.78 is 5.85. The summed E-state index contributed by atoms with van der Waals surface area (Å²) in [6.45, 7) is 5.13. The van der Waals surface area contributed by atoms with Crippen LogP contribution in [0.4, 0.5) is 5.69 Å². The standard InChI is InChI=1S/C27H23ClN2O2/c1-18(2)16-30-25-10-6-5-9-22(25)23(27(30)31)13-19-11-12-26(24(28)14-19)32-17-21-8-4-3-7-20(21)15-29/h3-14,18H,16-17H2,1-2H3/b23-13-. The zero-order chi connectivity index (χ0) is 22.7. The fourth-order valence-corrected chi connectivity index (χ4v) is 4.04. The minimum absolute atomic E-state index is 0.00413. The number of amides is 1. The van der Waals surface area contributed by atoms with Crippen LogP contribution in [-0.2, 0) is 11.4 Å². The highest BCUT2D eigenvalue weighted by atomic mass is 35.5. The Bertz CT molecular complexity index is 1240. The zero-order valence-electron chi connectivity index (χ0n) is 18.0. The molecule has 0 radical (unpaired) electrons. The Balaban J connectivity index is 1.58. The molecule has 0 unspecified atom stereocenters. The molecule has 0 bridgehead atoms. The molecule has 0 aliphatic carbocycles. The molecule has 1 heterocycles. The third-order valence-corrected chi connectivity index (χ3v) is 5.59. The molecule has 0 aromatic heterocycles. The summed E-state index contributed by atoms with van der Waals surface area (Å²) in [5.74, 6) is 0.897. The average molecular weight is 443 g/mol. The lowest BCUT2D eigenvalue weighted by Gasteiger charge is -2.19. The first kappa shape index (κ1) is 21.7. The zero-order valence-corrected chi connectivity index (χ0v) is 18.8. The predicted octanol–water partition coefficient (Wildman–Crippen LogP) is 6.33. The van der Waals surface area contributed by atoms with Crippen LogP contribution in [0, 0.1) is 17.2 Å². The van der Waals surface area contributed by atoms with E-state index in [0.29, 0.717) is 34.4 Å². The van der Waals surface area contributed by atoms with Gasteiger partial charge in [0.25, 0.3) is 5.91 Å². The van der Waals surface area contributed by atoms with Gasteiger partial charge in [0, 0.05) is 23.2 Å². The van der Waals surface area contributed by atoms with Crippen LogP contribution in [0.1, 0.15) is 36.1 Å². The molecular weight excluding hydrogens is 420 g/mol. The first-order valence-electron chi connectivity index (χ1n) is 10.5. The lowest BCUT2D eigenvalue weighted by molar-refractivity contribution is -0.113. The minimum Gasteiger partial charge on any atom is -0.487 e. The van der Waals surface area contributed by atoms with Gasteiger partial charge < -0.3 is 9.64 Å². The van der Waals surface area contributed by atoms with Crippen LogP contribution in [0.2, 0.25) is 5.02 Å². The molecule has 0 saturated heterocycles.